The van der Waals surface area contributed by atoms with Crippen LogP contribution >= 0.6 is 56.5 Å². The number of benzene rings is 2. The number of rotatable bonds is 7. The van der Waals surface area contributed by atoms with Gasteiger partial charge in [-0.2, -0.15) is 0 Å². The van der Waals surface area contributed by atoms with Gasteiger partial charge in [-0.1, -0.05) is 36.1 Å². The molecule has 0 fully saturated rings. The molecule has 1 aliphatic heterocycles. The lowest BCUT2D eigenvalue weighted by atomic mass is 9.93. The Morgan fingerprint density at radius 3 is 2.42 bits per heavy atom. The highest BCUT2D eigenvalue weighted by Crippen LogP contribution is 2.32. The average Bonchev–Trinajstić information content (AvgIpc) is 3.11. The highest BCUT2D eigenvalue weighted by atomic mass is 127. The number of thiazole rings is 1. The van der Waals surface area contributed by atoms with Crippen LogP contribution in [-0.4, -0.2) is 31.1 Å². The largest absolute Gasteiger partial charge is 0.487 e. The van der Waals surface area contributed by atoms with Crippen LogP contribution in [0.2, 0.25) is 0 Å². The molecule has 0 saturated heterocycles. The first-order valence-electron chi connectivity index (χ1n) is 11.2. The lowest BCUT2D eigenvalue weighted by Gasteiger charge is -2.25. The predicted molar refractivity (Wildman–Crippen MR) is 163 cm³/mol. The van der Waals surface area contributed by atoms with Crippen LogP contribution in [0.15, 0.2) is 70.1 Å². The van der Waals surface area contributed by atoms with E-state index in [0.717, 1.165) is 29.7 Å². The van der Waals surface area contributed by atoms with E-state index >= 15 is 0 Å². The van der Waals surface area contributed by atoms with Crippen LogP contribution in [-0.2, 0) is 4.79 Å². The second-order valence-electron chi connectivity index (χ2n) is 8.54. The summed E-state index contributed by atoms with van der Waals surface area (Å²) in [5, 5.41) is 0. The summed E-state index contributed by atoms with van der Waals surface area (Å²) in [6.07, 6.45) is 3.59. The molecule has 0 bridgehead atoms. The molecule has 0 radical (unpaired) electrons. The SMILES string of the molecule is C=CCOc1c(I)cc(/C=c2/sc3n(c2=O)[C@H](c2ccc(N(C)C)cc2)C(C(C)=O)=C(C)N=3)cc1I. The summed E-state index contributed by atoms with van der Waals surface area (Å²) in [6, 6.07) is 11.4. The molecule has 0 aliphatic carbocycles. The van der Waals surface area contributed by atoms with Crippen LogP contribution < -0.4 is 24.5 Å². The van der Waals surface area contributed by atoms with E-state index in [2.05, 4.69) is 56.8 Å². The molecule has 1 aromatic heterocycles. The van der Waals surface area contributed by atoms with E-state index in [-0.39, 0.29) is 11.3 Å². The van der Waals surface area contributed by atoms with Crippen molar-refractivity contribution in [3.8, 4) is 5.75 Å². The van der Waals surface area contributed by atoms with Crippen LogP contribution in [0.3, 0.4) is 0 Å². The molecule has 186 valence electrons. The van der Waals surface area contributed by atoms with Crippen molar-refractivity contribution < 1.29 is 9.53 Å². The van der Waals surface area contributed by atoms with Gasteiger partial charge in [0.1, 0.15) is 12.4 Å². The maximum atomic E-state index is 13.7. The molecule has 1 atom stereocenters. The normalized spacial score (nSPS) is 15.4. The van der Waals surface area contributed by atoms with Gasteiger partial charge in [-0.25, -0.2) is 4.99 Å². The number of halogens is 2. The van der Waals surface area contributed by atoms with Gasteiger partial charge in [-0.05, 0) is 100 Å². The van der Waals surface area contributed by atoms with Crippen molar-refractivity contribution in [2.75, 3.05) is 25.6 Å². The summed E-state index contributed by atoms with van der Waals surface area (Å²) in [7, 11) is 3.95. The summed E-state index contributed by atoms with van der Waals surface area (Å²) in [5.74, 6) is 0.712. The van der Waals surface area contributed by atoms with Gasteiger partial charge >= 0.3 is 0 Å². The Labute approximate surface area is 241 Å². The van der Waals surface area contributed by atoms with E-state index in [1.165, 1.54) is 18.3 Å². The summed E-state index contributed by atoms with van der Waals surface area (Å²) in [6.45, 7) is 7.50. The molecule has 0 amide bonds. The summed E-state index contributed by atoms with van der Waals surface area (Å²) >= 11 is 5.82. The molecule has 1 aliphatic rings. The zero-order valence-electron chi connectivity index (χ0n) is 20.3. The van der Waals surface area contributed by atoms with Crippen LogP contribution in [0.1, 0.15) is 31.0 Å². The monoisotopic (exact) mass is 725 g/mol. The topological polar surface area (TPSA) is 63.9 Å². The Hall–Kier alpha value is -2.25. The van der Waals surface area contributed by atoms with Gasteiger partial charge in [0.05, 0.1) is 17.7 Å². The number of allylic oxidation sites excluding steroid dienone is 2. The number of ketones is 1. The molecule has 36 heavy (non-hydrogen) atoms. The summed E-state index contributed by atoms with van der Waals surface area (Å²) in [5.41, 5.74) is 3.84. The van der Waals surface area contributed by atoms with Crippen LogP contribution in [0, 0.1) is 7.14 Å². The van der Waals surface area contributed by atoms with E-state index in [4.69, 9.17) is 4.74 Å². The Morgan fingerprint density at radius 2 is 1.86 bits per heavy atom. The van der Waals surface area contributed by atoms with Crippen LogP contribution in [0.4, 0.5) is 5.69 Å². The van der Waals surface area contributed by atoms with Gasteiger partial charge in [-0.15, -0.1) is 0 Å². The molecular weight excluding hydrogens is 700 g/mol. The fourth-order valence-electron chi connectivity index (χ4n) is 4.14. The fourth-order valence-corrected chi connectivity index (χ4v) is 7.31. The van der Waals surface area contributed by atoms with Crippen LogP contribution in [0.5, 0.6) is 5.75 Å². The third-order valence-electron chi connectivity index (χ3n) is 5.79. The minimum atomic E-state index is -0.521. The van der Waals surface area contributed by atoms with Crippen molar-refractivity contribution in [1.82, 2.24) is 4.57 Å². The number of hydrogen-bond donors (Lipinski definition) is 0. The Balaban J connectivity index is 1.88. The Bertz CT molecular complexity index is 1540. The van der Waals surface area contributed by atoms with E-state index in [1.807, 2.05) is 68.4 Å². The molecule has 2 heterocycles. The third kappa shape index (κ3) is 5.23. The zero-order chi connectivity index (χ0) is 26.1. The quantitative estimate of drug-likeness (QED) is 0.263. The standard InChI is InChI=1S/C27H25I2N3O3S/c1-6-11-35-25-20(28)12-17(13-21(25)29)14-22-26(34)32-24(18-7-9-19(10-8-18)31(4)5)23(16(3)33)15(2)30-27(32)36-22/h6-10,12-14,24H,1,11H2,2-5H3/b22-14+/t24-/m1/s1. The average molecular weight is 725 g/mol. The molecule has 9 heteroatoms. The minimum absolute atomic E-state index is 0.0913. The highest BCUT2D eigenvalue weighted by Gasteiger charge is 2.30. The molecule has 0 unspecified atom stereocenters. The number of carbonyl (C=O) groups is 1. The van der Waals surface area contributed by atoms with Crippen molar-refractivity contribution in [3.05, 3.63) is 98.3 Å². The molecule has 0 N–H and O–H groups in total. The Kier molecular flexibility index (Phi) is 8.20. The predicted octanol–water partition coefficient (Wildman–Crippen LogP) is 4.66. The number of nitrogens with zero attached hydrogens (tertiary/aromatic N) is 3. The summed E-state index contributed by atoms with van der Waals surface area (Å²) in [4.78, 5) is 33.7. The summed E-state index contributed by atoms with van der Waals surface area (Å²) < 4.78 is 9.90. The second kappa shape index (κ2) is 11.0. The molecule has 2 aromatic carbocycles. The molecule has 4 rings (SSSR count). The number of ether oxygens (including phenoxy) is 1. The second-order valence-corrected chi connectivity index (χ2v) is 11.9. The van der Waals surface area contributed by atoms with Crippen molar-refractivity contribution in [1.29, 1.82) is 0 Å². The Morgan fingerprint density at radius 1 is 1.22 bits per heavy atom. The van der Waals surface area contributed by atoms with Gasteiger partial charge < -0.3 is 9.64 Å². The smallest absolute Gasteiger partial charge is 0.271 e. The first-order valence-corrected chi connectivity index (χ1v) is 14.1. The van der Waals surface area contributed by atoms with Crippen molar-refractivity contribution >= 4 is 74.1 Å². The first kappa shape index (κ1) is 26.8. The van der Waals surface area contributed by atoms with Gasteiger partial charge in [0.2, 0.25) is 0 Å². The third-order valence-corrected chi connectivity index (χ3v) is 8.38. The molecular formula is C27H25I2N3O3S. The maximum absolute atomic E-state index is 13.7. The number of carbonyl (C=O) groups excluding carboxylic acids is 1. The highest BCUT2D eigenvalue weighted by molar-refractivity contribution is 14.1. The van der Waals surface area contributed by atoms with E-state index in [0.29, 0.717) is 27.2 Å². The molecule has 6 nitrogen and oxygen atoms in total. The lowest BCUT2D eigenvalue weighted by molar-refractivity contribution is -0.114. The minimum Gasteiger partial charge on any atom is -0.487 e. The lowest BCUT2D eigenvalue weighted by Crippen LogP contribution is -2.39. The fraction of sp³-hybridized carbons (Fsp3) is 0.222. The molecule has 0 spiro atoms. The van der Waals surface area contributed by atoms with Crippen molar-refractivity contribution in [3.63, 3.8) is 0 Å². The van der Waals surface area contributed by atoms with Crippen molar-refractivity contribution in [2.24, 2.45) is 4.99 Å². The number of fused-ring (bicyclic) bond motifs is 1. The maximum Gasteiger partial charge on any atom is 0.271 e. The van der Waals surface area contributed by atoms with E-state index in [9.17, 15) is 9.59 Å². The van der Waals surface area contributed by atoms with Crippen LogP contribution in [0.25, 0.3) is 6.08 Å². The number of aromatic nitrogens is 1. The molecule has 0 saturated carbocycles. The van der Waals surface area contributed by atoms with Gasteiger partial charge in [0.25, 0.3) is 5.56 Å². The zero-order valence-corrected chi connectivity index (χ0v) is 25.5. The van der Waals surface area contributed by atoms with Crippen molar-refractivity contribution in [2.45, 2.75) is 19.9 Å². The van der Waals surface area contributed by atoms with Gasteiger partial charge in [0.15, 0.2) is 10.6 Å². The van der Waals surface area contributed by atoms with Gasteiger partial charge in [0, 0.05) is 31.1 Å². The van der Waals surface area contributed by atoms with E-state index < -0.39 is 6.04 Å². The van der Waals surface area contributed by atoms with Gasteiger partial charge in [-0.3, -0.25) is 14.2 Å². The van der Waals surface area contributed by atoms with E-state index in [1.54, 1.807) is 10.6 Å². The number of anilines is 1. The number of hydrogen-bond acceptors (Lipinski definition) is 6. The first-order chi connectivity index (χ1) is 17.1. The molecule has 3 aromatic rings. The number of Topliss-reactive ketones (excluding diaryl/α,β-unsaturated/α-hetero) is 1.